The van der Waals surface area contributed by atoms with E-state index in [9.17, 15) is 0 Å². The van der Waals surface area contributed by atoms with Crippen LogP contribution in [0.4, 0.5) is 5.69 Å². The fraction of sp³-hybridized carbons (Fsp3) is 0.294. The van der Waals surface area contributed by atoms with Crippen LogP contribution in [-0.4, -0.2) is 6.54 Å². The summed E-state index contributed by atoms with van der Waals surface area (Å²) in [5.41, 5.74) is 4.05. The second kappa shape index (κ2) is 4.61. The number of benzene rings is 2. The van der Waals surface area contributed by atoms with Crippen LogP contribution in [0.2, 0.25) is 0 Å². The first-order valence-electron chi connectivity index (χ1n) is 6.78. The highest BCUT2D eigenvalue weighted by Crippen LogP contribution is 2.55. The van der Waals surface area contributed by atoms with E-state index in [-0.39, 0.29) is 4.87 Å². The van der Waals surface area contributed by atoms with Crippen LogP contribution in [-0.2, 0) is 4.87 Å². The minimum Gasteiger partial charge on any atom is -0.352 e. The maximum atomic E-state index is 2.50. The summed E-state index contributed by atoms with van der Waals surface area (Å²) >= 11 is 1.96. The average Bonchev–Trinajstić information content (AvgIpc) is 2.71. The molecule has 0 N–H and O–H groups in total. The Labute approximate surface area is 119 Å². The molecule has 0 spiro atoms. The summed E-state index contributed by atoms with van der Waals surface area (Å²) in [7, 11) is 0. The first-order chi connectivity index (χ1) is 9.15. The molecule has 2 aromatic rings. The summed E-state index contributed by atoms with van der Waals surface area (Å²) in [6.45, 7) is 7.72. The number of aryl methyl sites for hydroxylation is 1. The third-order valence-corrected chi connectivity index (χ3v) is 5.30. The van der Waals surface area contributed by atoms with Gasteiger partial charge in [-0.2, -0.15) is 0 Å². The van der Waals surface area contributed by atoms with Crippen LogP contribution in [0, 0.1) is 6.92 Å². The van der Waals surface area contributed by atoms with Crippen molar-refractivity contribution < 1.29 is 0 Å². The SMILES string of the molecule is CCN1c2ccccc2SC1(C)c1ccc(C)cc1. The topological polar surface area (TPSA) is 3.24 Å². The Balaban J connectivity index is 2.08. The van der Waals surface area contributed by atoms with E-state index in [1.165, 1.54) is 21.7 Å². The zero-order chi connectivity index (χ0) is 13.5. The molecule has 1 nitrogen and oxygen atoms in total. The van der Waals surface area contributed by atoms with E-state index in [1.807, 2.05) is 11.8 Å². The van der Waals surface area contributed by atoms with Crippen LogP contribution >= 0.6 is 11.8 Å². The van der Waals surface area contributed by atoms with Crippen molar-refractivity contribution in [3.8, 4) is 0 Å². The van der Waals surface area contributed by atoms with Crippen molar-refractivity contribution in [2.45, 2.75) is 30.5 Å². The monoisotopic (exact) mass is 269 g/mol. The van der Waals surface area contributed by atoms with E-state index in [4.69, 9.17) is 0 Å². The number of hydrogen-bond acceptors (Lipinski definition) is 2. The maximum Gasteiger partial charge on any atom is 0.113 e. The minimum atomic E-state index is 0.00609. The minimum absolute atomic E-state index is 0.00609. The number of thioether (sulfide) groups is 1. The molecule has 98 valence electrons. The fourth-order valence-corrected chi connectivity index (χ4v) is 4.26. The van der Waals surface area contributed by atoms with Crippen LogP contribution in [0.3, 0.4) is 0 Å². The van der Waals surface area contributed by atoms with Crippen molar-refractivity contribution in [3.63, 3.8) is 0 Å². The smallest absolute Gasteiger partial charge is 0.113 e. The lowest BCUT2D eigenvalue weighted by atomic mass is 10.0. The summed E-state index contributed by atoms with van der Waals surface area (Å²) in [5.74, 6) is 0. The van der Waals surface area contributed by atoms with Gasteiger partial charge in [0.25, 0.3) is 0 Å². The summed E-state index contributed by atoms with van der Waals surface area (Å²) in [6, 6.07) is 17.6. The van der Waals surface area contributed by atoms with Crippen molar-refractivity contribution in [2.24, 2.45) is 0 Å². The largest absolute Gasteiger partial charge is 0.352 e. The lowest BCUT2D eigenvalue weighted by Crippen LogP contribution is -2.38. The highest BCUT2D eigenvalue weighted by molar-refractivity contribution is 8.00. The normalized spacial score (nSPS) is 21.5. The van der Waals surface area contributed by atoms with E-state index in [0.717, 1.165) is 6.54 Å². The van der Waals surface area contributed by atoms with E-state index in [2.05, 4.69) is 74.2 Å². The number of anilines is 1. The molecule has 0 aromatic heterocycles. The second-order valence-corrected chi connectivity index (χ2v) is 6.60. The summed E-state index contributed by atoms with van der Waals surface area (Å²) in [6.07, 6.45) is 0. The molecule has 0 aliphatic carbocycles. The molecule has 0 fully saturated rings. The maximum absolute atomic E-state index is 2.50. The Hall–Kier alpha value is -1.41. The Bertz CT molecular complexity index is 590. The van der Waals surface area contributed by atoms with Crippen molar-refractivity contribution in [2.75, 3.05) is 11.4 Å². The predicted molar refractivity (Wildman–Crippen MR) is 83.9 cm³/mol. The van der Waals surface area contributed by atoms with E-state index < -0.39 is 0 Å². The lowest BCUT2D eigenvalue weighted by molar-refractivity contribution is 0.643. The molecule has 1 aliphatic rings. The predicted octanol–water partition coefficient (Wildman–Crippen LogP) is 4.80. The van der Waals surface area contributed by atoms with Crippen molar-refractivity contribution in [1.29, 1.82) is 0 Å². The van der Waals surface area contributed by atoms with Gasteiger partial charge in [0.1, 0.15) is 4.87 Å². The summed E-state index contributed by atoms with van der Waals surface area (Å²) in [5, 5.41) is 0. The first-order valence-corrected chi connectivity index (χ1v) is 7.59. The molecule has 1 atom stereocenters. The Morgan fingerprint density at radius 2 is 1.74 bits per heavy atom. The van der Waals surface area contributed by atoms with Gasteiger partial charge in [0.15, 0.2) is 0 Å². The van der Waals surface area contributed by atoms with Gasteiger partial charge < -0.3 is 4.90 Å². The van der Waals surface area contributed by atoms with Gasteiger partial charge in [0.2, 0.25) is 0 Å². The molecule has 0 bridgehead atoms. The van der Waals surface area contributed by atoms with Crippen molar-refractivity contribution >= 4 is 17.4 Å². The molecule has 0 amide bonds. The molecule has 3 rings (SSSR count). The zero-order valence-electron chi connectivity index (χ0n) is 11.7. The van der Waals surface area contributed by atoms with Gasteiger partial charge in [0.05, 0.1) is 5.69 Å². The average molecular weight is 269 g/mol. The zero-order valence-corrected chi connectivity index (χ0v) is 12.5. The first kappa shape index (κ1) is 12.6. The van der Waals surface area contributed by atoms with Crippen molar-refractivity contribution in [3.05, 3.63) is 59.7 Å². The standard InChI is InChI=1S/C17H19NS/c1-4-18-15-7-5-6-8-16(15)19-17(18,3)14-11-9-13(2)10-12-14/h5-12H,4H2,1-3H3. The van der Waals surface area contributed by atoms with E-state index in [1.54, 1.807) is 0 Å². The molecule has 2 aromatic carbocycles. The van der Waals surface area contributed by atoms with Crippen LogP contribution in [0.25, 0.3) is 0 Å². The van der Waals surface area contributed by atoms with Gasteiger partial charge in [-0.1, -0.05) is 53.7 Å². The molecule has 2 heteroatoms. The summed E-state index contributed by atoms with van der Waals surface area (Å²) in [4.78, 5) is 3.89. The van der Waals surface area contributed by atoms with Gasteiger partial charge in [0, 0.05) is 11.4 Å². The third kappa shape index (κ3) is 1.95. The van der Waals surface area contributed by atoms with Crippen LogP contribution in [0.15, 0.2) is 53.4 Å². The highest BCUT2D eigenvalue weighted by Gasteiger charge is 2.41. The fourth-order valence-electron chi connectivity index (χ4n) is 2.82. The Morgan fingerprint density at radius 1 is 1.05 bits per heavy atom. The van der Waals surface area contributed by atoms with Crippen molar-refractivity contribution in [1.82, 2.24) is 0 Å². The molecular weight excluding hydrogens is 250 g/mol. The van der Waals surface area contributed by atoms with Gasteiger partial charge in [-0.05, 0) is 38.5 Å². The number of nitrogens with zero attached hydrogens (tertiary/aromatic N) is 1. The highest BCUT2D eigenvalue weighted by atomic mass is 32.2. The molecule has 0 saturated heterocycles. The number of rotatable bonds is 2. The van der Waals surface area contributed by atoms with E-state index in [0.29, 0.717) is 0 Å². The van der Waals surface area contributed by atoms with Crippen LogP contribution < -0.4 is 4.90 Å². The Kier molecular flexibility index (Phi) is 3.06. The van der Waals surface area contributed by atoms with Gasteiger partial charge in [-0.3, -0.25) is 0 Å². The number of fused-ring (bicyclic) bond motifs is 1. The van der Waals surface area contributed by atoms with E-state index >= 15 is 0 Å². The molecule has 1 aliphatic heterocycles. The van der Waals surface area contributed by atoms with Gasteiger partial charge in [-0.15, -0.1) is 0 Å². The quantitative estimate of drug-likeness (QED) is 0.770. The molecule has 0 radical (unpaired) electrons. The van der Waals surface area contributed by atoms with Gasteiger partial charge in [-0.25, -0.2) is 0 Å². The van der Waals surface area contributed by atoms with Crippen LogP contribution in [0.5, 0.6) is 0 Å². The molecule has 1 heterocycles. The van der Waals surface area contributed by atoms with Crippen LogP contribution in [0.1, 0.15) is 25.0 Å². The molecule has 1 unspecified atom stereocenters. The third-order valence-electron chi connectivity index (χ3n) is 3.88. The molecule has 19 heavy (non-hydrogen) atoms. The Morgan fingerprint density at radius 3 is 2.42 bits per heavy atom. The summed E-state index contributed by atoms with van der Waals surface area (Å²) < 4.78 is 0. The number of para-hydroxylation sites is 1. The second-order valence-electron chi connectivity index (χ2n) is 5.16. The number of hydrogen-bond donors (Lipinski definition) is 0. The molecular formula is C17H19NS. The van der Waals surface area contributed by atoms with Gasteiger partial charge >= 0.3 is 0 Å². The molecule has 0 saturated carbocycles. The lowest BCUT2D eigenvalue weighted by Gasteiger charge is -2.36.